The molecule has 28 heavy (non-hydrogen) atoms. The van der Waals surface area contributed by atoms with Crippen LogP contribution in [-0.4, -0.2) is 63.2 Å². The van der Waals surface area contributed by atoms with Crippen molar-refractivity contribution in [3.63, 3.8) is 0 Å². The van der Waals surface area contributed by atoms with Crippen LogP contribution in [0.3, 0.4) is 0 Å². The zero-order valence-electron chi connectivity index (χ0n) is 16.2. The molecule has 0 bridgehead atoms. The first-order valence-corrected chi connectivity index (χ1v) is 9.35. The summed E-state index contributed by atoms with van der Waals surface area (Å²) in [6.07, 6.45) is -2.17. The number of alkyl halides is 3. The number of nitrogens with zero attached hydrogens (tertiary/aromatic N) is 5. The van der Waals surface area contributed by atoms with Crippen LogP contribution in [0.15, 0.2) is 24.5 Å². The first-order valence-electron chi connectivity index (χ1n) is 9.35. The maximum atomic E-state index is 13.0. The number of piperazine rings is 1. The van der Waals surface area contributed by atoms with Crippen LogP contribution in [0, 0.1) is 0 Å². The van der Waals surface area contributed by atoms with Crippen LogP contribution in [0.25, 0.3) is 5.82 Å². The van der Waals surface area contributed by atoms with Crippen LogP contribution in [0.5, 0.6) is 0 Å². The summed E-state index contributed by atoms with van der Waals surface area (Å²) in [6, 6.07) is 2.25. The minimum atomic E-state index is -4.45. The smallest absolute Gasteiger partial charge is 0.336 e. The lowest BCUT2D eigenvalue weighted by atomic mass is 10.0. The third-order valence-electron chi connectivity index (χ3n) is 4.98. The van der Waals surface area contributed by atoms with Crippen molar-refractivity contribution >= 4 is 5.91 Å². The fraction of sp³-hybridized carbons (Fsp3) is 0.526. The molecule has 0 spiro atoms. The molecule has 0 aromatic carbocycles. The van der Waals surface area contributed by atoms with E-state index in [4.69, 9.17) is 0 Å². The minimum absolute atomic E-state index is 0.0533. The van der Waals surface area contributed by atoms with Gasteiger partial charge in [0.2, 0.25) is 0 Å². The lowest BCUT2D eigenvalue weighted by molar-refractivity contribution is -0.137. The number of aromatic nitrogens is 3. The Morgan fingerprint density at radius 2 is 1.82 bits per heavy atom. The molecular formula is C19H24F3N5O. The van der Waals surface area contributed by atoms with Crippen molar-refractivity contribution in [1.82, 2.24) is 24.6 Å². The van der Waals surface area contributed by atoms with Gasteiger partial charge in [-0.15, -0.1) is 0 Å². The van der Waals surface area contributed by atoms with Gasteiger partial charge in [-0.3, -0.25) is 4.79 Å². The van der Waals surface area contributed by atoms with Gasteiger partial charge in [-0.2, -0.15) is 18.3 Å². The van der Waals surface area contributed by atoms with E-state index in [-0.39, 0.29) is 17.6 Å². The summed E-state index contributed by atoms with van der Waals surface area (Å²) in [5.41, 5.74) is 0.302. The average molecular weight is 395 g/mol. The van der Waals surface area contributed by atoms with Gasteiger partial charge in [0.15, 0.2) is 5.82 Å². The van der Waals surface area contributed by atoms with Crippen molar-refractivity contribution < 1.29 is 18.0 Å². The Labute approximate surface area is 162 Å². The van der Waals surface area contributed by atoms with Crippen LogP contribution >= 0.6 is 0 Å². The molecule has 0 saturated carbocycles. The SMILES string of the molecule is CCN1CCN(C(=O)c2cnn(-c3ccc(C(F)(F)F)cn3)c2C(C)C)CC1. The van der Waals surface area contributed by atoms with E-state index in [1.807, 2.05) is 13.8 Å². The highest BCUT2D eigenvalue weighted by Crippen LogP contribution is 2.29. The van der Waals surface area contributed by atoms with E-state index in [2.05, 4.69) is 21.9 Å². The number of hydrogen-bond acceptors (Lipinski definition) is 4. The lowest BCUT2D eigenvalue weighted by Gasteiger charge is -2.34. The van der Waals surface area contributed by atoms with Gasteiger partial charge in [0, 0.05) is 32.4 Å². The standard InChI is InChI=1S/C19H24F3N5O/c1-4-25-7-9-26(10-8-25)18(28)15-12-24-27(17(15)13(2)3)16-6-5-14(11-23-16)19(20,21)22/h5-6,11-13H,4,7-10H2,1-3H3. The Bertz CT molecular complexity index is 821. The van der Waals surface area contributed by atoms with E-state index in [1.54, 1.807) is 4.90 Å². The first kappa shape index (κ1) is 20.3. The number of carbonyl (C=O) groups is 1. The van der Waals surface area contributed by atoms with Gasteiger partial charge in [-0.05, 0) is 24.6 Å². The Morgan fingerprint density at radius 3 is 2.32 bits per heavy atom. The van der Waals surface area contributed by atoms with Crippen molar-refractivity contribution in [1.29, 1.82) is 0 Å². The molecule has 1 aliphatic heterocycles. The van der Waals surface area contributed by atoms with Crippen molar-refractivity contribution in [2.24, 2.45) is 0 Å². The van der Waals surface area contributed by atoms with Crippen LogP contribution in [-0.2, 0) is 6.18 Å². The molecule has 0 N–H and O–H groups in total. The van der Waals surface area contributed by atoms with Gasteiger partial charge in [0.25, 0.3) is 5.91 Å². The molecule has 3 heterocycles. The summed E-state index contributed by atoms with van der Waals surface area (Å²) < 4.78 is 39.8. The number of halogens is 3. The summed E-state index contributed by atoms with van der Waals surface area (Å²) >= 11 is 0. The number of rotatable bonds is 4. The highest BCUT2D eigenvalue weighted by molar-refractivity contribution is 5.95. The Hall–Kier alpha value is -2.42. The Morgan fingerprint density at radius 1 is 1.14 bits per heavy atom. The summed E-state index contributed by atoms with van der Waals surface area (Å²) in [7, 11) is 0. The molecule has 0 unspecified atom stereocenters. The van der Waals surface area contributed by atoms with Crippen molar-refractivity contribution in [3.8, 4) is 5.82 Å². The fourth-order valence-electron chi connectivity index (χ4n) is 3.38. The third-order valence-corrected chi connectivity index (χ3v) is 4.98. The van der Waals surface area contributed by atoms with E-state index < -0.39 is 11.7 Å². The van der Waals surface area contributed by atoms with Gasteiger partial charge >= 0.3 is 6.18 Å². The monoisotopic (exact) mass is 395 g/mol. The molecule has 1 saturated heterocycles. The molecule has 0 radical (unpaired) electrons. The summed E-state index contributed by atoms with van der Waals surface area (Å²) in [5.74, 6) is 0.103. The second-order valence-electron chi connectivity index (χ2n) is 7.14. The van der Waals surface area contributed by atoms with Crippen LogP contribution < -0.4 is 0 Å². The second-order valence-corrected chi connectivity index (χ2v) is 7.14. The molecule has 9 heteroatoms. The van der Waals surface area contributed by atoms with E-state index in [0.717, 1.165) is 31.9 Å². The number of hydrogen-bond donors (Lipinski definition) is 0. The maximum absolute atomic E-state index is 13.0. The summed E-state index contributed by atoms with van der Waals surface area (Å²) in [4.78, 5) is 21.0. The molecule has 0 atom stereocenters. The predicted molar refractivity (Wildman–Crippen MR) is 98.5 cm³/mol. The van der Waals surface area contributed by atoms with Crippen LogP contribution in [0.1, 0.15) is 48.3 Å². The number of likely N-dealkylation sites (N-methyl/N-ethyl adjacent to an activating group) is 1. The molecule has 6 nitrogen and oxygen atoms in total. The first-order chi connectivity index (χ1) is 13.2. The maximum Gasteiger partial charge on any atom is 0.417 e. The van der Waals surface area contributed by atoms with Gasteiger partial charge in [-0.1, -0.05) is 20.8 Å². The highest BCUT2D eigenvalue weighted by Gasteiger charge is 2.31. The van der Waals surface area contributed by atoms with Crippen LogP contribution in [0.2, 0.25) is 0 Å². The second kappa shape index (κ2) is 7.90. The molecule has 3 rings (SSSR count). The number of pyridine rings is 1. The van der Waals surface area contributed by atoms with Crippen molar-refractivity contribution in [3.05, 3.63) is 41.3 Å². The lowest BCUT2D eigenvalue weighted by Crippen LogP contribution is -2.48. The minimum Gasteiger partial charge on any atom is -0.336 e. The van der Waals surface area contributed by atoms with Crippen LogP contribution in [0.4, 0.5) is 13.2 Å². The molecule has 2 aromatic heterocycles. The van der Waals surface area contributed by atoms with Gasteiger partial charge in [0.1, 0.15) is 0 Å². The summed E-state index contributed by atoms with van der Waals surface area (Å²) in [6.45, 7) is 9.84. The molecule has 152 valence electrons. The van der Waals surface area contributed by atoms with Gasteiger partial charge in [-0.25, -0.2) is 9.67 Å². The molecule has 2 aromatic rings. The topological polar surface area (TPSA) is 54.3 Å². The van der Waals surface area contributed by atoms with Gasteiger partial charge in [0.05, 0.1) is 23.0 Å². The largest absolute Gasteiger partial charge is 0.417 e. The van der Waals surface area contributed by atoms with E-state index >= 15 is 0 Å². The normalized spacial score (nSPS) is 16.0. The van der Waals surface area contributed by atoms with Gasteiger partial charge < -0.3 is 9.80 Å². The molecule has 0 aliphatic carbocycles. The zero-order chi connectivity index (χ0) is 20.5. The fourth-order valence-corrected chi connectivity index (χ4v) is 3.38. The highest BCUT2D eigenvalue weighted by atomic mass is 19.4. The quantitative estimate of drug-likeness (QED) is 0.798. The average Bonchev–Trinajstić information content (AvgIpc) is 3.12. The molecule has 1 amide bonds. The Balaban J connectivity index is 1.89. The number of amides is 1. The summed E-state index contributed by atoms with van der Waals surface area (Å²) in [5, 5.41) is 4.26. The van der Waals surface area contributed by atoms with Crippen molar-refractivity contribution in [2.45, 2.75) is 32.9 Å². The van der Waals surface area contributed by atoms with Crippen molar-refractivity contribution in [2.75, 3.05) is 32.7 Å². The van der Waals surface area contributed by atoms with E-state index in [9.17, 15) is 18.0 Å². The third kappa shape index (κ3) is 4.04. The number of carbonyl (C=O) groups excluding carboxylic acids is 1. The molecule has 1 fully saturated rings. The predicted octanol–water partition coefficient (Wildman–Crippen LogP) is 3.19. The molecule has 1 aliphatic rings. The Kier molecular flexibility index (Phi) is 5.74. The molecular weight excluding hydrogens is 371 g/mol. The van der Waals surface area contributed by atoms with E-state index in [0.29, 0.717) is 24.3 Å². The van der Waals surface area contributed by atoms with E-state index in [1.165, 1.54) is 16.9 Å². The zero-order valence-corrected chi connectivity index (χ0v) is 16.2.